The lowest BCUT2D eigenvalue weighted by molar-refractivity contribution is -0.168. The van der Waals surface area contributed by atoms with Gasteiger partial charge in [-0.05, 0) is 30.5 Å². The topological polar surface area (TPSA) is 38.8 Å². The van der Waals surface area contributed by atoms with Gasteiger partial charge in [0.2, 0.25) is 5.91 Å². The molecule has 0 saturated carbocycles. The number of benzene rings is 1. The van der Waals surface area contributed by atoms with Gasteiger partial charge in [0.1, 0.15) is 12.3 Å². The predicted octanol–water partition coefficient (Wildman–Crippen LogP) is 2.81. The molecule has 128 valence electrons. The van der Waals surface area contributed by atoms with Crippen molar-refractivity contribution >= 4 is 5.91 Å². The molecule has 0 N–H and O–H groups in total. The maximum atomic E-state index is 12.8. The first kappa shape index (κ1) is 17.6. The lowest BCUT2D eigenvalue weighted by atomic mass is 10.0. The van der Waals surface area contributed by atoms with Crippen LogP contribution in [-0.2, 0) is 16.0 Å². The third-order valence-electron chi connectivity index (χ3n) is 3.79. The van der Waals surface area contributed by atoms with Crippen LogP contribution in [0.2, 0.25) is 0 Å². The fraction of sp³-hybridized carbons (Fsp3) is 0.562. The Kier molecular flexibility index (Phi) is 5.87. The minimum absolute atomic E-state index is 0.0787. The summed E-state index contributed by atoms with van der Waals surface area (Å²) in [7, 11) is 1.50. The van der Waals surface area contributed by atoms with Crippen LogP contribution >= 0.6 is 0 Å². The molecular weight excluding hydrogens is 311 g/mol. The number of nitrogens with zero attached hydrogens (tertiary/aromatic N) is 1. The molecule has 0 atom stereocenters. The number of amides is 1. The molecule has 1 amide bonds. The molecule has 0 aromatic heterocycles. The van der Waals surface area contributed by atoms with Crippen molar-refractivity contribution < 1.29 is 27.4 Å². The predicted molar refractivity (Wildman–Crippen MR) is 78.3 cm³/mol. The quantitative estimate of drug-likeness (QED) is 0.833. The Hall–Kier alpha value is -1.76. The highest BCUT2D eigenvalue weighted by Gasteiger charge is 2.36. The summed E-state index contributed by atoms with van der Waals surface area (Å²) in [5, 5.41) is 0. The van der Waals surface area contributed by atoms with Crippen LogP contribution in [0.3, 0.4) is 0 Å². The van der Waals surface area contributed by atoms with Crippen LogP contribution in [-0.4, -0.2) is 49.9 Å². The Bertz CT molecular complexity index is 528. The number of hydrogen-bond donors (Lipinski definition) is 0. The first-order valence-electron chi connectivity index (χ1n) is 7.46. The smallest absolute Gasteiger partial charge is 0.406 e. The van der Waals surface area contributed by atoms with Gasteiger partial charge in [-0.15, -0.1) is 0 Å². The summed E-state index contributed by atoms with van der Waals surface area (Å²) >= 11 is 0. The molecule has 23 heavy (non-hydrogen) atoms. The van der Waals surface area contributed by atoms with Gasteiger partial charge in [0.05, 0.1) is 13.5 Å². The first-order chi connectivity index (χ1) is 10.9. The highest BCUT2D eigenvalue weighted by atomic mass is 19.4. The van der Waals surface area contributed by atoms with Gasteiger partial charge in [-0.3, -0.25) is 4.79 Å². The molecule has 1 aromatic rings. The zero-order valence-electron chi connectivity index (χ0n) is 12.9. The summed E-state index contributed by atoms with van der Waals surface area (Å²) in [6, 6.07) is 6.37. The van der Waals surface area contributed by atoms with E-state index in [-0.39, 0.29) is 6.42 Å². The van der Waals surface area contributed by atoms with Crippen molar-refractivity contribution in [3.8, 4) is 5.75 Å². The number of alkyl halides is 3. The summed E-state index contributed by atoms with van der Waals surface area (Å²) in [6.07, 6.45) is -3.63. The molecule has 4 nitrogen and oxygen atoms in total. The van der Waals surface area contributed by atoms with E-state index in [4.69, 9.17) is 9.47 Å². The van der Waals surface area contributed by atoms with Gasteiger partial charge in [-0.25, -0.2) is 0 Å². The van der Waals surface area contributed by atoms with E-state index in [2.05, 4.69) is 0 Å². The summed E-state index contributed by atoms with van der Waals surface area (Å²) in [6.45, 7) is -0.461. The van der Waals surface area contributed by atoms with E-state index in [0.29, 0.717) is 37.4 Å². The van der Waals surface area contributed by atoms with Gasteiger partial charge < -0.3 is 14.4 Å². The normalized spacial score (nSPS) is 16.2. The molecule has 1 aliphatic rings. The minimum Gasteiger partial charge on any atom is -0.497 e. The van der Waals surface area contributed by atoms with Gasteiger partial charge in [-0.1, -0.05) is 12.1 Å². The largest absolute Gasteiger partial charge is 0.497 e. The van der Waals surface area contributed by atoms with Gasteiger partial charge in [0.25, 0.3) is 0 Å². The van der Waals surface area contributed by atoms with Crippen LogP contribution in [0, 0.1) is 0 Å². The van der Waals surface area contributed by atoms with E-state index in [1.54, 1.807) is 24.3 Å². The fourth-order valence-corrected chi connectivity index (χ4v) is 2.67. The Labute approximate surface area is 133 Å². The Morgan fingerprint density at radius 1 is 1.35 bits per heavy atom. The lowest BCUT2D eigenvalue weighted by Gasteiger charge is -2.35. The third kappa shape index (κ3) is 5.42. The van der Waals surface area contributed by atoms with Crippen molar-refractivity contribution in [2.24, 2.45) is 0 Å². The van der Waals surface area contributed by atoms with E-state index < -0.39 is 24.7 Å². The van der Waals surface area contributed by atoms with Gasteiger partial charge in [0, 0.05) is 19.3 Å². The van der Waals surface area contributed by atoms with Crippen molar-refractivity contribution in [2.45, 2.75) is 31.5 Å². The number of hydrogen-bond acceptors (Lipinski definition) is 3. The molecule has 1 aromatic carbocycles. The Morgan fingerprint density at radius 3 is 2.65 bits per heavy atom. The highest BCUT2D eigenvalue weighted by molar-refractivity contribution is 5.79. The van der Waals surface area contributed by atoms with E-state index in [1.165, 1.54) is 7.11 Å². The second-order valence-electron chi connectivity index (χ2n) is 5.51. The van der Waals surface area contributed by atoms with Crippen LogP contribution in [0.1, 0.15) is 18.4 Å². The number of carbonyl (C=O) groups is 1. The molecule has 2 rings (SSSR count). The van der Waals surface area contributed by atoms with E-state index >= 15 is 0 Å². The van der Waals surface area contributed by atoms with Crippen LogP contribution in [0.4, 0.5) is 13.2 Å². The SMILES string of the molecule is COc1cccc(CC(=O)N(CC(F)(F)F)C2CCOCC2)c1. The standard InChI is InChI=1S/C16H20F3NO3/c1-22-14-4-2-3-12(9-14)10-15(21)20(11-16(17,18)19)13-5-7-23-8-6-13/h2-4,9,13H,5-8,10-11H2,1H3. The molecule has 1 fully saturated rings. The van der Waals surface area contributed by atoms with Crippen molar-refractivity contribution in [3.05, 3.63) is 29.8 Å². The molecule has 0 spiro atoms. The first-order valence-corrected chi connectivity index (χ1v) is 7.46. The number of methoxy groups -OCH3 is 1. The number of rotatable bonds is 5. The fourth-order valence-electron chi connectivity index (χ4n) is 2.67. The maximum absolute atomic E-state index is 12.8. The van der Waals surface area contributed by atoms with Crippen LogP contribution in [0.25, 0.3) is 0 Å². The molecule has 7 heteroatoms. The van der Waals surface area contributed by atoms with E-state index in [1.807, 2.05) is 0 Å². The number of ether oxygens (including phenoxy) is 2. The van der Waals surface area contributed by atoms with Crippen LogP contribution < -0.4 is 4.74 Å². The highest BCUT2D eigenvalue weighted by Crippen LogP contribution is 2.23. The van der Waals surface area contributed by atoms with Gasteiger partial charge in [0.15, 0.2) is 0 Å². The molecule has 0 bridgehead atoms. The number of halogens is 3. The van der Waals surface area contributed by atoms with Crippen molar-refractivity contribution in [3.63, 3.8) is 0 Å². The van der Waals surface area contributed by atoms with Crippen molar-refractivity contribution in [2.75, 3.05) is 26.9 Å². The second kappa shape index (κ2) is 7.68. The average molecular weight is 331 g/mol. The molecule has 1 aliphatic heterocycles. The maximum Gasteiger partial charge on any atom is 0.406 e. The molecular formula is C16H20F3NO3. The molecule has 0 radical (unpaired) electrons. The van der Waals surface area contributed by atoms with Crippen LogP contribution in [0.15, 0.2) is 24.3 Å². The van der Waals surface area contributed by atoms with E-state index in [0.717, 1.165) is 4.90 Å². The average Bonchev–Trinajstić information content (AvgIpc) is 2.52. The van der Waals surface area contributed by atoms with Crippen LogP contribution in [0.5, 0.6) is 5.75 Å². The zero-order chi connectivity index (χ0) is 16.9. The summed E-state index contributed by atoms with van der Waals surface area (Å²) < 4.78 is 48.7. The minimum atomic E-state index is -4.41. The lowest BCUT2D eigenvalue weighted by Crippen LogP contribution is -2.48. The second-order valence-corrected chi connectivity index (χ2v) is 5.51. The van der Waals surface area contributed by atoms with Crippen molar-refractivity contribution in [1.29, 1.82) is 0 Å². The summed E-state index contributed by atoms with van der Waals surface area (Å²) in [4.78, 5) is 13.4. The molecule has 0 aliphatic carbocycles. The summed E-state index contributed by atoms with van der Waals surface area (Å²) in [5.41, 5.74) is 0.633. The third-order valence-corrected chi connectivity index (χ3v) is 3.79. The molecule has 1 heterocycles. The van der Waals surface area contributed by atoms with Gasteiger partial charge in [-0.2, -0.15) is 13.2 Å². The molecule has 1 saturated heterocycles. The summed E-state index contributed by atoms with van der Waals surface area (Å²) in [5.74, 6) is 0.0474. The Morgan fingerprint density at radius 2 is 2.04 bits per heavy atom. The number of carbonyl (C=O) groups excluding carboxylic acids is 1. The zero-order valence-corrected chi connectivity index (χ0v) is 12.9. The van der Waals surface area contributed by atoms with Crippen molar-refractivity contribution in [1.82, 2.24) is 4.90 Å². The van der Waals surface area contributed by atoms with E-state index in [9.17, 15) is 18.0 Å². The monoisotopic (exact) mass is 331 g/mol. The van der Waals surface area contributed by atoms with Gasteiger partial charge >= 0.3 is 6.18 Å². The molecule has 0 unspecified atom stereocenters. The Balaban J connectivity index is 2.11.